The zero-order valence-corrected chi connectivity index (χ0v) is 18.7. The third-order valence-corrected chi connectivity index (χ3v) is 6.89. The van der Waals surface area contributed by atoms with Gasteiger partial charge in [0.15, 0.2) is 5.69 Å². The standard InChI is InChI=1S/C24H20F4N4OS/c25-17-6-4-5-16(13-17)15-30-9-11-31(12-10-30)22(33)20-14-19-21(24(26,27)28)29-32(23(19)34-20)18-7-2-1-3-8-18/h1-8,13-14H,9-12,15H2. The lowest BCUT2D eigenvalue weighted by Gasteiger charge is -2.34. The Morgan fingerprint density at radius 3 is 2.38 bits per heavy atom. The molecule has 1 aliphatic rings. The number of alkyl halides is 3. The van der Waals surface area contributed by atoms with Gasteiger partial charge in [0.1, 0.15) is 10.6 Å². The Hall–Kier alpha value is -3.24. The highest BCUT2D eigenvalue weighted by atomic mass is 32.1. The van der Waals surface area contributed by atoms with Crippen molar-refractivity contribution in [2.24, 2.45) is 0 Å². The summed E-state index contributed by atoms with van der Waals surface area (Å²) in [6.45, 7) is 2.65. The van der Waals surface area contributed by atoms with Gasteiger partial charge in [-0.1, -0.05) is 30.3 Å². The van der Waals surface area contributed by atoms with Gasteiger partial charge >= 0.3 is 6.18 Å². The van der Waals surface area contributed by atoms with Gasteiger partial charge in [-0.2, -0.15) is 18.3 Å². The van der Waals surface area contributed by atoms with Crippen molar-refractivity contribution in [3.8, 4) is 5.69 Å². The van der Waals surface area contributed by atoms with Gasteiger partial charge in [-0.15, -0.1) is 11.3 Å². The van der Waals surface area contributed by atoms with Gasteiger partial charge < -0.3 is 4.90 Å². The topological polar surface area (TPSA) is 41.4 Å². The van der Waals surface area contributed by atoms with Crippen LogP contribution in [0.2, 0.25) is 0 Å². The maximum Gasteiger partial charge on any atom is 0.435 e. The first-order valence-corrected chi connectivity index (χ1v) is 11.5. The van der Waals surface area contributed by atoms with Gasteiger partial charge in [-0.05, 0) is 35.9 Å². The summed E-state index contributed by atoms with van der Waals surface area (Å²) in [5, 5.41) is 3.73. The molecule has 2 aromatic heterocycles. The Kier molecular flexibility index (Phi) is 5.86. The van der Waals surface area contributed by atoms with Crippen molar-refractivity contribution in [3.05, 3.63) is 82.6 Å². The van der Waals surface area contributed by atoms with Crippen LogP contribution >= 0.6 is 11.3 Å². The molecule has 2 aromatic carbocycles. The van der Waals surface area contributed by atoms with E-state index in [-0.39, 0.29) is 26.8 Å². The summed E-state index contributed by atoms with van der Waals surface area (Å²) in [6.07, 6.45) is -4.64. The predicted molar refractivity (Wildman–Crippen MR) is 122 cm³/mol. The molecule has 176 valence electrons. The SMILES string of the molecule is O=C(c1cc2c(C(F)(F)F)nn(-c3ccccc3)c2s1)N1CCN(Cc2cccc(F)c2)CC1. The predicted octanol–water partition coefficient (Wildman–Crippen LogP) is 5.20. The van der Waals surface area contributed by atoms with Crippen LogP contribution in [-0.2, 0) is 12.7 Å². The van der Waals surface area contributed by atoms with Crippen LogP contribution in [0.3, 0.4) is 0 Å². The summed E-state index contributed by atoms with van der Waals surface area (Å²) in [5.74, 6) is -0.581. The fraction of sp³-hybridized carbons (Fsp3) is 0.250. The van der Waals surface area contributed by atoms with Gasteiger partial charge in [0, 0.05) is 38.1 Å². The Morgan fingerprint density at radius 1 is 0.971 bits per heavy atom. The van der Waals surface area contributed by atoms with Gasteiger partial charge in [0.2, 0.25) is 0 Å². The number of nitrogens with zero attached hydrogens (tertiary/aromatic N) is 4. The molecule has 3 heterocycles. The lowest BCUT2D eigenvalue weighted by Crippen LogP contribution is -2.48. The van der Waals surface area contributed by atoms with Gasteiger partial charge in [0.25, 0.3) is 5.91 Å². The number of rotatable bonds is 4. The number of aromatic nitrogens is 2. The average Bonchev–Trinajstić information content (AvgIpc) is 3.39. The van der Waals surface area contributed by atoms with Gasteiger partial charge in [-0.25, -0.2) is 9.07 Å². The van der Waals surface area contributed by atoms with E-state index in [1.807, 2.05) is 6.07 Å². The summed E-state index contributed by atoms with van der Waals surface area (Å²) in [6, 6.07) is 16.3. The van der Waals surface area contributed by atoms with E-state index in [0.29, 0.717) is 38.4 Å². The van der Waals surface area contributed by atoms with Crippen molar-refractivity contribution in [3.63, 3.8) is 0 Å². The number of carbonyl (C=O) groups excluding carboxylic acids is 1. The molecule has 5 rings (SSSR count). The lowest BCUT2D eigenvalue weighted by atomic mass is 10.2. The molecular weight excluding hydrogens is 468 g/mol. The fourth-order valence-corrected chi connectivity index (χ4v) is 5.22. The summed E-state index contributed by atoms with van der Waals surface area (Å²) in [5.41, 5.74) is 0.353. The zero-order chi connectivity index (χ0) is 23.9. The smallest absolute Gasteiger partial charge is 0.335 e. The minimum atomic E-state index is -4.64. The Balaban J connectivity index is 1.36. The molecular formula is C24H20F4N4OS. The summed E-state index contributed by atoms with van der Waals surface area (Å²) in [7, 11) is 0. The van der Waals surface area contributed by atoms with E-state index in [4.69, 9.17) is 0 Å². The number of hydrogen-bond acceptors (Lipinski definition) is 4. The number of para-hydroxylation sites is 1. The highest BCUT2D eigenvalue weighted by Crippen LogP contribution is 2.39. The van der Waals surface area contributed by atoms with Crippen LogP contribution in [0, 0.1) is 5.82 Å². The van der Waals surface area contributed by atoms with E-state index in [0.717, 1.165) is 16.9 Å². The molecule has 0 spiro atoms. The van der Waals surface area contributed by atoms with E-state index in [1.54, 1.807) is 41.3 Å². The fourth-order valence-electron chi connectivity index (χ4n) is 4.13. The first-order chi connectivity index (χ1) is 16.3. The number of benzene rings is 2. The minimum absolute atomic E-state index is 0.0746. The van der Waals surface area contributed by atoms with E-state index < -0.39 is 11.9 Å². The van der Waals surface area contributed by atoms with Crippen molar-refractivity contribution in [2.75, 3.05) is 26.2 Å². The van der Waals surface area contributed by atoms with Gasteiger partial charge in [0.05, 0.1) is 10.6 Å². The molecule has 0 bridgehead atoms. The van der Waals surface area contributed by atoms with Crippen molar-refractivity contribution in [1.82, 2.24) is 19.6 Å². The molecule has 0 atom stereocenters. The quantitative estimate of drug-likeness (QED) is 0.371. The minimum Gasteiger partial charge on any atom is -0.335 e. The van der Waals surface area contributed by atoms with Crippen LogP contribution in [0.4, 0.5) is 17.6 Å². The van der Waals surface area contributed by atoms with Gasteiger partial charge in [-0.3, -0.25) is 9.69 Å². The second-order valence-electron chi connectivity index (χ2n) is 8.12. The molecule has 0 radical (unpaired) electrons. The van der Waals surface area contributed by atoms with Crippen molar-refractivity contribution < 1.29 is 22.4 Å². The van der Waals surface area contributed by atoms with Crippen LogP contribution in [0.1, 0.15) is 20.9 Å². The second-order valence-corrected chi connectivity index (χ2v) is 9.15. The summed E-state index contributed by atoms with van der Waals surface area (Å²) < 4.78 is 55.7. The van der Waals surface area contributed by atoms with E-state index in [9.17, 15) is 22.4 Å². The maximum absolute atomic E-state index is 13.7. The molecule has 0 aliphatic carbocycles. The Bertz CT molecular complexity index is 1320. The van der Waals surface area contributed by atoms with E-state index in [2.05, 4.69) is 10.00 Å². The van der Waals surface area contributed by atoms with E-state index in [1.165, 1.54) is 22.9 Å². The highest BCUT2D eigenvalue weighted by Gasteiger charge is 2.38. The largest absolute Gasteiger partial charge is 0.435 e. The molecule has 1 fully saturated rings. The molecule has 0 unspecified atom stereocenters. The number of hydrogen-bond donors (Lipinski definition) is 0. The van der Waals surface area contributed by atoms with Crippen LogP contribution in [0.5, 0.6) is 0 Å². The van der Waals surface area contributed by atoms with Crippen molar-refractivity contribution >= 4 is 27.5 Å². The number of halogens is 4. The third kappa shape index (κ3) is 4.43. The molecule has 0 saturated carbocycles. The maximum atomic E-state index is 13.7. The first kappa shape index (κ1) is 22.5. The first-order valence-electron chi connectivity index (χ1n) is 10.7. The third-order valence-electron chi connectivity index (χ3n) is 5.79. The molecule has 0 N–H and O–H groups in total. The molecule has 1 amide bonds. The number of thiophene rings is 1. The zero-order valence-electron chi connectivity index (χ0n) is 17.9. The molecule has 5 nitrogen and oxygen atoms in total. The molecule has 4 aromatic rings. The number of piperazine rings is 1. The average molecular weight is 489 g/mol. The second kappa shape index (κ2) is 8.84. The molecule has 34 heavy (non-hydrogen) atoms. The summed E-state index contributed by atoms with van der Waals surface area (Å²) >= 11 is 1.02. The normalized spacial score (nSPS) is 15.2. The Labute approximate surface area is 196 Å². The molecule has 1 aliphatic heterocycles. The highest BCUT2D eigenvalue weighted by molar-refractivity contribution is 7.20. The molecule has 10 heteroatoms. The molecule has 1 saturated heterocycles. The summed E-state index contributed by atoms with van der Waals surface area (Å²) in [4.78, 5) is 17.5. The van der Waals surface area contributed by atoms with E-state index >= 15 is 0 Å². The van der Waals surface area contributed by atoms with Crippen molar-refractivity contribution in [2.45, 2.75) is 12.7 Å². The Morgan fingerprint density at radius 2 is 1.71 bits per heavy atom. The van der Waals surface area contributed by atoms with Crippen LogP contribution < -0.4 is 0 Å². The number of carbonyl (C=O) groups is 1. The lowest BCUT2D eigenvalue weighted by molar-refractivity contribution is -0.140. The van der Waals surface area contributed by atoms with Crippen molar-refractivity contribution in [1.29, 1.82) is 0 Å². The number of amides is 1. The number of fused-ring (bicyclic) bond motifs is 1. The monoisotopic (exact) mass is 488 g/mol. The van der Waals surface area contributed by atoms with Crippen LogP contribution in [0.25, 0.3) is 15.9 Å². The van der Waals surface area contributed by atoms with Crippen LogP contribution in [0.15, 0.2) is 60.7 Å². The van der Waals surface area contributed by atoms with Crippen LogP contribution in [-0.4, -0.2) is 51.7 Å².